The predicted molar refractivity (Wildman–Crippen MR) is 132 cm³/mol. The molecule has 36 heavy (non-hydrogen) atoms. The summed E-state index contributed by atoms with van der Waals surface area (Å²) in [5, 5.41) is 13.6. The molecule has 4 aromatic rings. The first-order valence-corrected chi connectivity index (χ1v) is 11.3. The molecule has 11 nitrogen and oxygen atoms in total. The molecule has 0 atom stereocenters. The fourth-order valence-electron chi connectivity index (χ4n) is 3.32. The van der Waals surface area contributed by atoms with Crippen LogP contribution in [0.1, 0.15) is 19.2 Å². The monoisotopic (exact) mass is 490 g/mol. The Morgan fingerprint density at radius 2 is 1.69 bits per heavy atom. The summed E-state index contributed by atoms with van der Waals surface area (Å²) in [5.41, 5.74) is 1.92. The molecule has 2 aromatic heterocycles. The minimum absolute atomic E-state index is 0.00178. The lowest BCUT2D eigenvalue weighted by atomic mass is 10.2. The van der Waals surface area contributed by atoms with Gasteiger partial charge in [0.05, 0.1) is 25.6 Å². The predicted octanol–water partition coefficient (Wildman–Crippen LogP) is 3.55. The molecule has 0 radical (unpaired) electrons. The van der Waals surface area contributed by atoms with Crippen molar-refractivity contribution >= 4 is 23.2 Å². The van der Waals surface area contributed by atoms with E-state index in [9.17, 15) is 9.59 Å². The molecule has 0 aliphatic carbocycles. The Hall–Kier alpha value is -4.67. The van der Waals surface area contributed by atoms with Crippen LogP contribution in [0.25, 0.3) is 11.4 Å². The standard InChI is InChI=1S/C25H26N6O5/c1-3-35-21-8-4-17(5-9-21)25-29-24(36-30-25)13-12-22(32)28-19-14-26-31(15-19)16-23(33)27-18-6-10-20(34-2)11-7-18/h4-11,14-15H,3,12-13,16H2,1-2H3,(H,27,33)(H,28,32). The number of carbonyl (C=O) groups is 2. The molecule has 2 heterocycles. The van der Waals surface area contributed by atoms with Gasteiger partial charge in [-0.25, -0.2) is 0 Å². The van der Waals surface area contributed by atoms with Crippen molar-refractivity contribution in [2.45, 2.75) is 26.3 Å². The van der Waals surface area contributed by atoms with E-state index in [4.69, 9.17) is 14.0 Å². The molecule has 0 saturated carbocycles. The second kappa shape index (κ2) is 11.6. The number of hydrogen-bond donors (Lipinski definition) is 2. The van der Waals surface area contributed by atoms with Crippen molar-refractivity contribution in [2.24, 2.45) is 0 Å². The molecule has 2 N–H and O–H groups in total. The number of anilines is 2. The zero-order chi connectivity index (χ0) is 25.3. The highest BCUT2D eigenvalue weighted by atomic mass is 16.5. The van der Waals surface area contributed by atoms with Crippen molar-refractivity contribution in [2.75, 3.05) is 24.4 Å². The summed E-state index contributed by atoms with van der Waals surface area (Å²) in [5.74, 6) is 1.79. The van der Waals surface area contributed by atoms with E-state index in [1.54, 1.807) is 37.6 Å². The van der Waals surface area contributed by atoms with E-state index in [1.165, 1.54) is 10.9 Å². The second-order valence-corrected chi connectivity index (χ2v) is 7.72. The topological polar surface area (TPSA) is 133 Å². The maximum absolute atomic E-state index is 12.3. The van der Waals surface area contributed by atoms with Crippen LogP contribution in [0, 0.1) is 0 Å². The van der Waals surface area contributed by atoms with Gasteiger partial charge in [0.25, 0.3) is 0 Å². The molecule has 0 aliphatic rings. The van der Waals surface area contributed by atoms with Crippen LogP contribution in [0.4, 0.5) is 11.4 Å². The van der Waals surface area contributed by atoms with Gasteiger partial charge in [-0.15, -0.1) is 0 Å². The van der Waals surface area contributed by atoms with E-state index >= 15 is 0 Å². The number of aromatic nitrogens is 4. The largest absolute Gasteiger partial charge is 0.497 e. The minimum Gasteiger partial charge on any atom is -0.497 e. The maximum atomic E-state index is 12.3. The van der Waals surface area contributed by atoms with Crippen LogP contribution in [0.2, 0.25) is 0 Å². The summed E-state index contributed by atoms with van der Waals surface area (Å²) in [6.45, 7) is 2.51. The molecule has 2 aromatic carbocycles. The SMILES string of the molecule is CCOc1ccc(-c2noc(CCC(=O)Nc3cnn(CC(=O)Nc4ccc(OC)cc4)c3)n2)cc1. The number of carbonyl (C=O) groups excluding carboxylic acids is 2. The molecule has 186 valence electrons. The van der Waals surface area contributed by atoms with E-state index in [1.807, 2.05) is 31.2 Å². The average Bonchev–Trinajstić information content (AvgIpc) is 3.53. The van der Waals surface area contributed by atoms with E-state index in [2.05, 4.69) is 25.9 Å². The molecule has 0 unspecified atom stereocenters. The Balaban J connectivity index is 1.23. The van der Waals surface area contributed by atoms with Crippen LogP contribution in [0.5, 0.6) is 11.5 Å². The summed E-state index contributed by atoms with van der Waals surface area (Å²) >= 11 is 0. The number of ether oxygens (including phenoxy) is 2. The molecule has 0 spiro atoms. The van der Waals surface area contributed by atoms with Gasteiger partial charge in [0.2, 0.25) is 23.5 Å². The van der Waals surface area contributed by atoms with Gasteiger partial charge < -0.3 is 24.6 Å². The summed E-state index contributed by atoms with van der Waals surface area (Å²) in [6, 6.07) is 14.4. The molecule has 11 heteroatoms. The number of nitrogens with zero attached hydrogens (tertiary/aromatic N) is 4. The van der Waals surface area contributed by atoms with E-state index in [-0.39, 0.29) is 31.2 Å². The van der Waals surface area contributed by atoms with Gasteiger partial charge in [0.15, 0.2) is 0 Å². The van der Waals surface area contributed by atoms with E-state index in [0.29, 0.717) is 35.4 Å². The van der Waals surface area contributed by atoms with Gasteiger partial charge in [0, 0.05) is 30.3 Å². The molecule has 0 fully saturated rings. The molecule has 0 saturated heterocycles. The number of nitrogens with one attached hydrogen (secondary N) is 2. The van der Waals surface area contributed by atoms with Crippen molar-refractivity contribution in [3.8, 4) is 22.9 Å². The molecular weight excluding hydrogens is 464 g/mol. The lowest BCUT2D eigenvalue weighted by molar-refractivity contribution is -0.117. The maximum Gasteiger partial charge on any atom is 0.246 e. The number of aryl methyl sites for hydroxylation is 1. The van der Waals surface area contributed by atoms with Gasteiger partial charge >= 0.3 is 0 Å². The highest BCUT2D eigenvalue weighted by molar-refractivity contribution is 5.91. The number of hydrogen-bond acceptors (Lipinski definition) is 8. The van der Waals surface area contributed by atoms with Gasteiger partial charge in [-0.2, -0.15) is 10.1 Å². The van der Waals surface area contributed by atoms with Gasteiger partial charge in [0.1, 0.15) is 18.0 Å². The first-order chi connectivity index (χ1) is 17.5. The molecule has 0 bridgehead atoms. The van der Waals surface area contributed by atoms with Crippen LogP contribution in [-0.2, 0) is 22.6 Å². The second-order valence-electron chi connectivity index (χ2n) is 7.72. The van der Waals surface area contributed by atoms with Crippen LogP contribution in [0.15, 0.2) is 65.4 Å². The van der Waals surface area contributed by atoms with Gasteiger partial charge in [-0.1, -0.05) is 5.16 Å². The van der Waals surface area contributed by atoms with Crippen molar-refractivity contribution in [1.29, 1.82) is 0 Å². The lowest BCUT2D eigenvalue weighted by Crippen LogP contribution is -2.19. The Bertz CT molecular complexity index is 1300. The minimum atomic E-state index is -0.249. The summed E-state index contributed by atoms with van der Waals surface area (Å²) in [6.07, 6.45) is 3.50. The quantitative estimate of drug-likeness (QED) is 0.326. The van der Waals surface area contributed by atoms with Crippen molar-refractivity contribution < 1.29 is 23.6 Å². The van der Waals surface area contributed by atoms with E-state index < -0.39 is 0 Å². The molecular formula is C25H26N6O5. The van der Waals surface area contributed by atoms with Gasteiger partial charge in [-0.05, 0) is 55.5 Å². The number of rotatable bonds is 11. The van der Waals surface area contributed by atoms with E-state index in [0.717, 1.165) is 11.3 Å². The average molecular weight is 491 g/mol. The zero-order valence-electron chi connectivity index (χ0n) is 19.9. The zero-order valence-corrected chi connectivity index (χ0v) is 19.9. The first-order valence-electron chi connectivity index (χ1n) is 11.3. The van der Waals surface area contributed by atoms with Crippen LogP contribution in [-0.4, -0.2) is 45.5 Å². The van der Waals surface area contributed by atoms with Crippen LogP contribution < -0.4 is 20.1 Å². The Morgan fingerprint density at radius 1 is 0.972 bits per heavy atom. The smallest absolute Gasteiger partial charge is 0.246 e. The third-order valence-corrected chi connectivity index (χ3v) is 5.05. The molecule has 4 rings (SSSR count). The normalized spacial score (nSPS) is 10.6. The van der Waals surface area contributed by atoms with Crippen molar-refractivity contribution in [1.82, 2.24) is 19.9 Å². The lowest BCUT2D eigenvalue weighted by Gasteiger charge is -2.06. The number of methoxy groups -OCH3 is 1. The van der Waals surface area contributed by atoms with Crippen LogP contribution >= 0.6 is 0 Å². The fourth-order valence-corrected chi connectivity index (χ4v) is 3.32. The Labute approximate surface area is 207 Å². The third-order valence-electron chi connectivity index (χ3n) is 5.05. The first kappa shape index (κ1) is 24.5. The summed E-state index contributed by atoms with van der Waals surface area (Å²) < 4.78 is 17.2. The Morgan fingerprint density at radius 3 is 2.42 bits per heavy atom. The third kappa shape index (κ3) is 6.69. The highest BCUT2D eigenvalue weighted by Gasteiger charge is 2.12. The Kier molecular flexibility index (Phi) is 7.91. The highest BCUT2D eigenvalue weighted by Crippen LogP contribution is 2.20. The summed E-state index contributed by atoms with van der Waals surface area (Å²) in [7, 11) is 1.58. The van der Waals surface area contributed by atoms with Crippen LogP contribution in [0.3, 0.4) is 0 Å². The number of benzene rings is 2. The molecule has 0 aliphatic heterocycles. The fraction of sp³-hybridized carbons (Fsp3) is 0.240. The van der Waals surface area contributed by atoms with Gasteiger partial charge in [-0.3, -0.25) is 14.3 Å². The number of amides is 2. The summed E-state index contributed by atoms with van der Waals surface area (Å²) in [4.78, 5) is 29.0. The van der Waals surface area contributed by atoms with Crippen molar-refractivity contribution in [3.05, 3.63) is 66.8 Å². The molecule has 2 amide bonds. The van der Waals surface area contributed by atoms with Crippen molar-refractivity contribution in [3.63, 3.8) is 0 Å².